The first-order valence-electron chi connectivity index (χ1n) is 8.40. The lowest BCUT2D eigenvalue weighted by atomic mass is 9.96. The van der Waals surface area contributed by atoms with Crippen molar-refractivity contribution < 1.29 is 22.4 Å². The zero-order valence-electron chi connectivity index (χ0n) is 14.4. The van der Waals surface area contributed by atoms with Crippen molar-refractivity contribution in [3.8, 4) is 0 Å². The molecule has 0 spiro atoms. The second-order valence-electron chi connectivity index (χ2n) is 6.76. The average molecular weight is 369 g/mol. The van der Waals surface area contributed by atoms with E-state index in [-0.39, 0.29) is 18.5 Å². The average Bonchev–Trinajstić information content (AvgIpc) is 3.33. The molecule has 1 N–H and O–H groups in total. The van der Waals surface area contributed by atoms with E-state index in [1.807, 2.05) is 18.9 Å². The van der Waals surface area contributed by atoms with Crippen LogP contribution in [0.4, 0.5) is 17.6 Å². The molecule has 3 rings (SSSR count). The van der Waals surface area contributed by atoms with E-state index in [1.165, 1.54) is 17.0 Å². The summed E-state index contributed by atoms with van der Waals surface area (Å²) in [7, 11) is 0. The molecule has 0 aliphatic heterocycles. The van der Waals surface area contributed by atoms with Gasteiger partial charge in [-0.2, -0.15) is 9.49 Å². The molecule has 140 valence electrons. The van der Waals surface area contributed by atoms with Crippen LogP contribution < -0.4 is 0 Å². The lowest BCUT2D eigenvalue weighted by molar-refractivity contribution is 0.0711. The number of nitrogens with one attached hydrogen (secondary N) is 1. The highest BCUT2D eigenvalue weighted by Crippen LogP contribution is 2.33. The normalized spacial score (nSPS) is 14.3. The van der Waals surface area contributed by atoms with E-state index in [2.05, 4.69) is 5.10 Å². The van der Waals surface area contributed by atoms with E-state index < -0.39 is 35.4 Å². The molecule has 1 aliphatic rings. The monoisotopic (exact) mass is 369 g/mol. The number of hydrogen-bond acceptors (Lipinski definition) is 2. The van der Waals surface area contributed by atoms with Crippen LogP contribution in [0, 0.1) is 11.8 Å². The summed E-state index contributed by atoms with van der Waals surface area (Å²) in [4.78, 5) is 14.1. The number of amides is 1. The van der Waals surface area contributed by atoms with E-state index in [0.29, 0.717) is 18.4 Å². The van der Waals surface area contributed by atoms with Crippen molar-refractivity contribution >= 4 is 5.91 Å². The molecule has 1 saturated carbocycles. The fourth-order valence-electron chi connectivity index (χ4n) is 3.05. The van der Waals surface area contributed by atoms with Crippen molar-refractivity contribution in [1.29, 1.82) is 0 Å². The number of hydrogen-bond donors (Lipinski definition) is 1. The minimum atomic E-state index is -3.07. The van der Waals surface area contributed by atoms with Crippen molar-refractivity contribution in [3.05, 3.63) is 52.3 Å². The molecule has 26 heavy (non-hydrogen) atoms. The van der Waals surface area contributed by atoms with Crippen molar-refractivity contribution in [2.75, 3.05) is 0 Å². The van der Waals surface area contributed by atoms with E-state index in [1.54, 1.807) is 6.07 Å². The van der Waals surface area contributed by atoms with Crippen LogP contribution in [0.3, 0.4) is 0 Å². The smallest absolute Gasteiger partial charge is 0.283 e. The molecule has 0 radical (unpaired) electrons. The molecule has 0 unspecified atom stereocenters. The summed E-state index contributed by atoms with van der Waals surface area (Å²) in [6, 6.07) is 4.14. The minimum Gasteiger partial charge on any atom is -0.331 e. The van der Waals surface area contributed by atoms with Crippen molar-refractivity contribution in [3.63, 3.8) is 0 Å². The molecule has 8 heteroatoms. The third-order valence-electron chi connectivity index (χ3n) is 4.49. The SMILES string of the molecule is CC(C)c1ccc(F)cc1CN(C(=O)c1c(C(F)F)n[nH]c1F)C1CC1. The topological polar surface area (TPSA) is 49.0 Å². The number of carbonyl (C=O) groups is 1. The van der Waals surface area contributed by atoms with Crippen LogP contribution in [0.5, 0.6) is 0 Å². The summed E-state index contributed by atoms with van der Waals surface area (Å²) in [6.45, 7) is 3.90. The highest BCUT2D eigenvalue weighted by atomic mass is 19.3. The Balaban J connectivity index is 1.96. The number of H-pyrrole nitrogens is 1. The summed E-state index contributed by atoms with van der Waals surface area (Å²) < 4.78 is 53.7. The van der Waals surface area contributed by atoms with Gasteiger partial charge in [0.2, 0.25) is 5.95 Å². The Hall–Kier alpha value is -2.38. The van der Waals surface area contributed by atoms with Gasteiger partial charge in [0.25, 0.3) is 12.3 Å². The van der Waals surface area contributed by atoms with E-state index >= 15 is 0 Å². The van der Waals surface area contributed by atoms with Crippen molar-refractivity contribution in [1.82, 2.24) is 15.1 Å². The Morgan fingerprint density at radius 3 is 2.58 bits per heavy atom. The van der Waals surface area contributed by atoms with Crippen LogP contribution in [-0.4, -0.2) is 27.0 Å². The zero-order valence-corrected chi connectivity index (χ0v) is 14.4. The molecule has 0 atom stereocenters. The number of carbonyl (C=O) groups excluding carboxylic acids is 1. The van der Waals surface area contributed by atoms with Gasteiger partial charge in [0.1, 0.15) is 17.1 Å². The highest BCUT2D eigenvalue weighted by molar-refractivity contribution is 5.95. The lowest BCUT2D eigenvalue weighted by Crippen LogP contribution is -2.34. The van der Waals surface area contributed by atoms with Crippen LogP contribution in [-0.2, 0) is 6.54 Å². The molecular weight excluding hydrogens is 350 g/mol. The summed E-state index contributed by atoms with van der Waals surface area (Å²) in [5, 5.41) is 5.02. The van der Waals surface area contributed by atoms with E-state index in [0.717, 1.165) is 5.56 Å². The minimum absolute atomic E-state index is 0.0298. The van der Waals surface area contributed by atoms with Gasteiger partial charge < -0.3 is 4.90 Å². The summed E-state index contributed by atoms with van der Waals surface area (Å²) in [6.07, 6.45) is -1.68. The summed E-state index contributed by atoms with van der Waals surface area (Å²) >= 11 is 0. The molecule has 1 amide bonds. The highest BCUT2D eigenvalue weighted by Gasteiger charge is 2.37. The second kappa shape index (κ2) is 7.09. The van der Waals surface area contributed by atoms with Gasteiger partial charge >= 0.3 is 0 Å². The van der Waals surface area contributed by atoms with Crippen molar-refractivity contribution in [2.45, 2.75) is 51.6 Å². The van der Waals surface area contributed by atoms with Crippen molar-refractivity contribution in [2.24, 2.45) is 0 Å². The number of nitrogens with zero attached hydrogens (tertiary/aromatic N) is 2. The third kappa shape index (κ3) is 3.59. The maximum absolute atomic E-state index is 13.9. The van der Waals surface area contributed by atoms with Gasteiger partial charge in [0.05, 0.1) is 0 Å². The summed E-state index contributed by atoms with van der Waals surface area (Å²) in [5.41, 5.74) is -0.203. The fraction of sp³-hybridized carbons (Fsp3) is 0.444. The van der Waals surface area contributed by atoms with Gasteiger partial charge in [-0.05, 0) is 42.0 Å². The molecule has 2 aromatic rings. The molecule has 1 aliphatic carbocycles. The Bertz CT molecular complexity index is 815. The first kappa shape index (κ1) is 18.4. The Kier molecular flexibility index (Phi) is 5.02. The predicted molar refractivity (Wildman–Crippen MR) is 86.9 cm³/mol. The number of rotatable bonds is 6. The molecule has 1 heterocycles. The van der Waals surface area contributed by atoms with Crippen LogP contribution in [0.25, 0.3) is 0 Å². The number of aromatic nitrogens is 2. The number of aromatic amines is 1. The largest absolute Gasteiger partial charge is 0.331 e. The third-order valence-corrected chi connectivity index (χ3v) is 4.49. The number of benzene rings is 1. The quantitative estimate of drug-likeness (QED) is 0.759. The molecule has 1 fully saturated rings. The molecule has 4 nitrogen and oxygen atoms in total. The van der Waals surface area contributed by atoms with E-state index in [9.17, 15) is 22.4 Å². The number of alkyl halides is 2. The van der Waals surface area contributed by atoms with Gasteiger partial charge in [-0.25, -0.2) is 13.2 Å². The van der Waals surface area contributed by atoms with Gasteiger partial charge in [0, 0.05) is 12.6 Å². The molecule has 0 saturated heterocycles. The fourth-order valence-corrected chi connectivity index (χ4v) is 3.05. The van der Waals surface area contributed by atoms with Gasteiger partial charge in [-0.1, -0.05) is 19.9 Å². The van der Waals surface area contributed by atoms with Crippen LogP contribution >= 0.6 is 0 Å². The Morgan fingerprint density at radius 2 is 2.00 bits per heavy atom. The van der Waals surface area contributed by atoms with Gasteiger partial charge in [-0.3, -0.25) is 9.89 Å². The number of halogens is 4. The first-order valence-corrected chi connectivity index (χ1v) is 8.40. The predicted octanol–water partition coefficient (Wildman–Crippen LogP) is 4.55. The maximum Gasteiger partial charge on any atom is 0.283 e. The zero-order chi connectivity index (χ0) is 19.0. The van der Waals surface area contributed by atoms with Crippen LogP contribution in [0.15, 0.2) is 18.2 Å². The van der Waals surface area contributed by atoms with Crippen LogP contribution in [0.1, 0.15) is 66.2 Å². The molecular formula is C18H19F4N3O. The maximum atomic E-state index is 13.9. The van der Waals surface area contributed by atoms with Crippen LogP contribution in [0.2, 0.25) is 0 Å². The Morgan fingerprint density at radius 1 is 1.31 bits per heavy atom. The lowest BCUT2D eigenvalue weighted by Gasteiger charge is -2.25. The second-order valence-corrected chi connectivity index (χ2v) is 6.76. The van der Waals surface area contributed by atoms with E-state index in [4.69, 9.17) is 0 Å². The van der Waals surface area contributed by atoms with Gasteiger partial charge in [-0.15, -0.1) is 0 Å². The molecule has 0 bridgehead atoms. The molecule has 1 aromatic carbocycles. The van der Waals surface area contributed by atoms with Gasteiger partial charge in [0.15, 0.2) is 0 Å². The first-order chi connectivity index (χ1) is 12.3. The standard InChI is InChI=1S/C18H19F4N3O/c1-9(2)13-6-3-11(19)7-10(13)8-25(12-4-5-12)18(26)14-15(16(20)21)23-24-17(14)22/h3,6-7,9,12,16H,4-5,8H2,1-2H3,(H,23,24). The Labute approximate surface area is 148 Å². The summed E-state index contributed by atoms with van der Waals surface area (Å²) in [5.74, 6) is -2.40. The molecule has 1 aromatic heterocycles.